The third kappa shape index (κ3) is 4.46. The van der Waals surface area contributed by atoms with E-state index in [1.165, 1.54) is 0 Å². The molecule has 0 aromatic heterocycles. The number of benzene rings is 2. The predicted molar refractivity (Wildman–Crippen MR) is 135 cm³/mol. The number of fused-ring (bicyclic) bond motifs is 1. The molecule has 0 bridgehead atoms. The molecule has 0 aliphatic carbocycles. The molecule has 0 spiro atoms. The maximum absolute atomic E-state index is 14.9. The minimum atomic E-state index is -2.82. The molecule has 2 aromatic rings. The number of hydrogen-bond donors (Lipinski definition) is 0. The molecule has 170 valence electrons. The van der Waals surface area contributed by atoms with E-state index in [4.69, 9.17) is 9.47 Å². The molecule has 2 aromatic carbocycles. The van der Waals surface area contributed by atoms with Crippen molar-refractivity contribution in [1.82, 2.24) is 0 Å². The second kappa shape index (κ2) is 8.24. The van der Waals surface area contributed by atoms with Crippen molar-refractivity contribution in [1.29, 1.82) is 0 Å². The van der Waals surface area contributed by atoms with E-state index in [1.54, 1.807) is 0 Å². The van der Waals surface area contributed by atoms with Gasteiger partial charge in [0.25, 0.3) is 0 Å². The van der Waals surface area contributed by atoms with E-state index in [1.807, 2.05) is 36.4 Å². The quantitative estimate of drug-likeness (QED) is 0.437. The third-order valence-corrected chi connectivity index (χ3v) is 15.2. The van der Waals surface area contributed by atoms with E-state index in [9.17, 15) is 4.57 Å². The Morgan fingerprint density at radius 3 is 1.97 bits per heavy atom. The molecule has 1 heterocycles. The smallest absolute Gasteiger partial charge is 0.174 e. The average molecular weight is 461 g/mol. The van der Waals surface area contributed by atoms with Crippen molar-refractivity contribution < 1.29 is 14.0 Å². The SMILES string of the molecule is CC(C)(C)[P@]1c2c(OCc3ccccc3)cccc2OC1P(=O)(C(C)(C)C)C(C)(C)C. The van der Waals surface area contributed by atoms with Crippen LogP contribution in [0.2, 0.25) is 0 Å². The van der Waals surface area contributed by atoms with Crippen molar-refractivity contribution in [2.45, 2.75) is 90.0 Å². The standard InChI is InChI=1S/C26H38O3P2/c1-24(2,3)30-22-20(28-18-19-14-11-10-12-15-19)16-13-17-21(22)29-23(30)31(27,25(4,5)6)26(7,8)9/h10-17,23H,18H2,1-9H3/t23?,30-/m1/s1. The first kappa shape index (κ1) is 24.3. The van der Waals surface area contributed by atoms with Crippen molar-refractivity contribution in [2.24, 2.45) is 0 Å². The zero-order valence-electron chi connectivity index (χ0n) is 20.5. The molecule has 2 atom stereocenters. The first-order valence-corrected chi connectivity index (χ1v) is 14.2. The lowest BCUT2D eigenvalue weighted by molar-refractivity contribution is 0.306. The van der Waals surface area contributed by atoms with Gasteiger partial charge in [-0.3, -0.25) is 0 Å². The Bertz CT molecular complexity index is 945. The summed E-state index contributed by atoms with van der Waals surface area (Å²) < 4.78 is 27.9. The van der Waals surface area contributed by atoms with Crippen molar-refractivity contribution in [3.8, 4) is 11.5 Å². The highest BCUT2D eigenvalue weighted by atomic mass is 31.2. The van der Waals surface area contributed by atoms with Crippen LogP contribution in [-0.4, -0.2) is 21.1 Å². The number of ether oxygens (including phenoxy) is 2. The summed E-state index contributed by atoms with van der Waals surface area (Å²) >= 11 is 0. The van der Waals surface area contributed by atoms with Gasteiger partial charge in [0.2, 0.25) is 0 Å². The fourth-order valence-corrected chi connectivity index (χ4v) is 15.4. The summed E-state index contributed by atoms with van der Waals surface area (Å²) in [5, 5.41) is 0.313. The van der Waals surface area contributed by atoms with Gasteiger partial charge >= 0.3 is 0 Å². The van der Waals surface area contributed by atoms with E-state index in [2.05, 4.69) is 74.4 Å². The van der Waals surface area contributed by atoms with Crippen molar-refractivity contribution >= 4 is 20.4 Å². The van der Waals surface area contributed by atoms with E-state index in [-0.39, 0.29) is 21.1 Å². The minimum absolute atomic E-state index is 0.0797. The van der Waals surface area contributed by atoms with Crippen LogP contribution in [0.25, 0.3) is 0 Å². The maximum atomic E-state index is 14.9. The average Bonchev–Trinajstić information content (AvgIpc) is 3.05. The van der Waals surface area contributed by atoms with E-state index < -0.39 is 15.1 Å². The van der Waals surface area contributed by atoms with Crippen LogP contribution in [0.5, 0.6) is 11.5 Å². The second-order valence-corrected chi connectivity index (χ2v) is 19.2. The lowest BCUT2D eigenvalue weighted by atomic mass is 10.2. The van der Waals surface area contributed by atoms with Crippen LogP contribution in [-0.2, 0) is 11.2 Å². The Balaban J connectivity index is 2.10. The Hall–Kier alpha value is -1.30. The molecule has 0 saturated heterocycles. The fraction of sp³-hybridized carbons (Fsp3) is 0.538. The number of rotatable bonds is 4. The lowest BCUT2D eigenvalue weighted by Gasteiger charge is -2.47. The summed E-state index contributed by atoms with van der Waals surface area (Å²) in [5.74, 6) is 1.70. The van der Waals surface area contributed by atoms with Gasteiger partial charge in [0, 0.05) is 10.3 Å². The van der Waals surface area contributed by atoms with E-state index in [0.717, 1.165) is 22.4 Å². The molecular weight excluding hydrogens is 422 g/mol. The van der Waals surface area contributed by atoms with Crippen LogP contribution in [0.4, 0.5) is 0 Å². The minimum Gasteiger partial charge on any atom is -0.488 e. The topological polar surface area (TPSA) is 35.5 Å². The highest BCUT2D eigenvalue weighted by molar-refractivity contribution is 7.84. The van der Waals surface area contributed by atoms with Crippen LogP contribution in [0.3, 0.4) is 0 Å². The molecule has 3 rings (SSSR count). The van der Waals surface area contributed by atoms with Gasteiger partial charge in [-0.05, 0) is 30.8 Å². The molecule has 1 aliphatic rings. The summed E-state index contributed by atoms with van der Waals surface area (Å²) in [7, 11) is -3.71. The molecule has 0 fully saturated rings. The van der Waals surface area contributed by atoms with Gasteiger partial charge in [-0.1, -0.05) is 98.7 Å². The summed E-state index contributed by atoms with van der Waals surface area (Å²) in [6.45, 7) is 19.9. The maximum Gasteiger partial charge on any atom is 0.174 e. The molecule has 1 unspecified atom stereocenters. The Morgan fingerprint density at radius 2 is 1.45 bits per heavy atom. The van der Waals surface area contributed by atoms with Crippen molar-refractivity contribution in [3.05, 3.63) is 54.1 Å². The fourth-order valence-electron chi connectivity index (χ4n) is 4.54. The molecule has 0 N–H and O–H groups in total. The number of hydrogen-bond acceptors (Lipinski definition) is 3. The van der Waals surface area contributed by atoms with Gasteiger partial charge in [0.1, 0.15) is 25.2 Å². The first-order valence-electron chi connectivity index (χ1n) is 11.0. The highest BCUT2D eigenvalue weighted by Crippen LogP contribution is 2.80. The highest BCUT2D eigenvalue weighted by Gasteiger charge is 2.60. The first-order chi connectivity index (χ1) is 14.2. The van der Waals surface area contributed by atoms with Crippen LogP contribution < -0.4 is 14.8 Å². The van der Waals surface area contributed by atoms with Gasteiger partial charge in [-0.25, -0.2) is 0 Å². The molecule has 0 radical (unpaired) electrons. The molecule has 0 amide bonds. The summed E-state index contributed by atoms with van der Waals surface area (Å²) in [4.78, 5) is 0. The van der Waals surface area contributed by atoms with Crippen LogP contribution >= 0.6 is 15.1 Å². The van der Waals surface area contributed by atoms with Gasteiger partial charge < -0.3 is 14.0 Å². The summed E-state index contributed by atoms with van der Waals surface area (Å²) in [6, 6.07) is 16.2. The van der Waals surface area contributed by atoms with E-state index >= 15 is 0 Å². The monoisotopic (exact) mass is 460 g/mol. The van der Waals surface area contributed by atoms with E-state index in [0.29, 0.717) is 6.61 Å². The second-order valence-electron chi connectivity index (χ2n) is 11.4. The molecular formula is C26H38O3P2. The molecule has 31 heavy (non-hydrogen) atoms. The van der Waals surface area contributed by atoms with Crippen molar-refractivity contribution in [3.63, 3.8) is 0 Å². The third-order valence-electron chi connectivity index (χ3n) is 5.92. The van der Waals surface area contributed by atoms with Gasteiger partial charge in [-0.2, -0.15) is 0 Å². The van der Waals surface area contributed by atoms with Gasteiger partial charge in [0.05, 0.1) is 5.30 Å². The summed E-state index contributed by atoms with van der Waals surface area (Å²) in [6.07, 6.45) is 0. The molecule has 1 aliphatic heterocycles. The van der Waals surface area contributed by atoms with Gasteiger partial charge in [0.15, 0.2) is 5.59 Å². The zero-order chi connectivity index (χ0) is 23.2. The Morgan fingerprint density at radius 1 is 0.871 bits per heavy atom. The van der Waals surface area contributed by atoms with Gasteiger partial charge in [-0.15, -0.1) is 0 Å². The Labute approximate surface area is 190 Å². The molecule has 0 saturated carbocycles. The molecule has 5 heteroatoms. The van der Waals surface area contributed by atoms with Crippen molar-refractivity contribution in [2.75, 3.05) is 0 Å². The normalized spacial score (nSPS) is 19.6. The van der Waals surface area contributed by atoms with Crippen LogP contribution in [0, 0.1) is 0 Å². The largest absolute Gasteiger partial charge is 0.488 e. The Kier molecular flexibility index (Phi) is 6.47. The summed E-state index contributed by atoms with van der Waals surface area (Å²) in [5.41, 5.74) is 0.810. The van der Waals surface area contributed by atoms with Crippen LogP contribution in [0.15, 0.2) is 48.5 Å². The zero-order valence-corrected chi connectivity index (χ0v) is 22.3. The van der Waals surface area contributed by atoms with Crippen LogP contribution in [0.1, 0.15) is 67.9 Å². The molecule has 3 nitrogen and oxygen atoms in total. The lowest BCUT2D eigenvalue weighted by Crippen LogP contribution is -2.38. The predicted octanol–water partition coefficient (Wildman–Crippen LogP) is 7.81.